The second-order valence-electron chi connectivity index (χ2n) is 1.81. The van der Waals surface area contributed by atoms with Crippen LogP contribution in [0.2, 0.25) is 0 Å². The van der Waals surface area contributed by atoms with E-state index in [1.807, 2.05) is 0 Å². The Hall–Kier alpha value is -0.430. The number of hydrogen-bond donors (Lipinski definition) is 0. The van der Waals surface area contributed by atoms with Gasteiger partial charge in [-0.15, -0.1) is 0 Å². The third-order valence-corrected chi connectivity index (χ3v) is 2.73. The van der Waals surface area contributed by atoms with Crippen molar-refractivity contribution >= 4 is 20.5 Å². The fourth-order valence-corrected chi connectivity index (χ4v) is 0.488. The Labute approximate surface area is 90.6 Å². The molecular formula is C4H9F3O7S2. The van der Waals surface area contributed by atoms with Gasteiger partial charge in [-0.25, -0.2) is 0 Å². The maximum absolute atomic E-state index is 11.1. The molecule has 0 saturated heterocycles. The van der Waals surface area contributed by atoms with Gasteiger partial charge in [0.15, 0.2) is 0 Å². The predicted molar refractivity (Wildman–Crippen MR) is 44.9 cm³/mol. The SMILES string of the molecule is COS(=O)(=O)C(F)(F)F.COS(=O)(=O)OC. The minimum Gasteiger partial charge on any atom is -0.267 e. The van der Waals surface area contributed by atoms with Gasteiger partial charge in [-0.3, -0.25) is 12.5 Å². The molecule has 0 heterocycles. The van der Waals surface area contributed by atoms with Gasteiger partial charge < -0.3 is 0 Å². The highest BCUT2D eigenvalue weighted by atomic mass is 32.3. The monoisotopic (exact) mass is 290 g/mol. The first kappa shape index (κ1) is 17.9. The molecule has 100 valence electrons. The van der Waals surface area contributed by atoms with Gasteiger partial charge in [0.1, 0.15) is 0 Å². The van der Waals surface area contributed by atoms with E-state index < -0.39 is 26.0 Å². The van der Waals surface area contributed by atoms with E-state index in [0.29, 0.717) is 7.11 Å². The molecule has 0 unspecified atom stereocenters. The minimum absolute atomic E-state index is 0.447. The summed E-state index contributed by atoms with van der Waals surface area (Å²) in [7, 11) is -6.49. The van der Waals surface area contributed by atoms with Gasteiger partial charge in [0.2, 0.25) is 0 Å². The lowest BCUT2D eigenvalue weighted by molar-refractivity contribution is -0.0526. The lowest BCUT2D eigenvalue weighted by Gasteiger charge is -2.02. The van der Waals surface area contributed by atoms with Crippen LogP contribution in [-0.4, -0.2) is 43.7 Å². The molecule has 0 aromatic heterocycles. The van der Waals surface area contributed by atoms with Crippen LogP contribution in [-0.2, 0) is 33.1 Å². The van der Waals surface area contributed by atoms with Gasteiger partial charge in [-0.2, -0.15) is 30.0 Å². The van der Waals surface area contributed by atoms with Gasteiger partial charge in [-0.05, 0) is 0 Å². The molecule has 0 saturated carbocycles. The minimum atomic E-state index is -5.34. The van der Waals surface area contributed by atoms with Crippen LogP contribution in [0.25, 0.3) is 0 Å². The van der Waals surface area contributed by atoms with Crippen molar-refractivity contribution in [3.8, 4) is 0 Å². The zero-order chi connectivity index (χ0) is 13.6. The Bertz CT molecular complexity index is 370. The van der Waals surface area contributed by atoms with Crippen LogP contribution in [0.5, 0.6) is 0 Å². The van der Waals surface area contributed by atoms with E-state index in [2.05, 4.69) is 12.5 Å². The number of alkyl halides is 3. The van der Waals surface area contributed by atoms with E-state index in [1.165, 1.54) is 0 Å². The van der Waals surface area contributed by atoms with Gasteiger partial charge in [0, 0.05) is 0 Å². The highest BCUT2D eigenvalue weighted by Gasteiger charge is 2.46. The van der Waals surface area contributed by atoms with Crippen LogP contribution < -0.4 is 0 Å². The predicted octanol–water partition coefficient (Wildman–Crippen LogP) is 0.00640. The summed E-state index contributed by atoms with van der Waals surface area (Å²) in [6, 6.07) is 0. The van der Waals surface area contributed by atoms with E-state index >= 15 is 0 Å². The summed E-state index contributed by atoms with van der Waals surface area (Å²) in [4.78, 5) is 0. The van der Waals surface area contributed by atoms with Crippen molar-refractivity contribution in [2.24, 2.45) is 0 Å². The summed E-state index contributed by atoms with van der Waals surface area (Å²) in [5.74, 6) is 0. The molecule has 12 heteroatoms. The zero-order valence-corrected chi connectivity index (χ0v) is 9.94. The largest absolute Gasteiger partial charge is 0.523 e. The summed E-state index contributed by atoms with van der Waals surface area (Å²) in [6.45, 7) is 0. The molecule has 16 heavy (non-hydrogen) atoms. The standard InChI is InChI=1S/C2H3F3O3S.C2H6O4S/c1-8-9(6,7)2(3,4)5;1-5-7(3,4)6-2/h1H3;1-2H3. The molecule has 0 bridgehead atoms. The average molecular weight is 290 g/mol. The summed E-state index contributed by atoms with van der Waals surface area (Å²) in [6.07, 6.45) is 0. The normalized spacial score (nSPS) is 12.9. The number of hydrogen-bond acceptors (Lipinski definition) is 7. The summed E-state index contributed by atoms with van der Waals surface area (Å²) >= 11 is 0. The smallest absolute Gasteiger partial charge is 0.267 e. The lowest BCUT2D eigenvalue weighted by atomic mass is 11.6. The first-order valence-corrected chi connectivity index (χ1v) is 5.90. The molecule has 0 aromatic carbocycles. The summed E-state index contributed by atoms with van der Waals surface area (Å²) in [5, 5.41) is 0. The van der Waals surface area contributed by atoms with Crippen molar-refractivity contribution < 1.29 is 42.6 Å². The first-order chi connectivity index (χ1) is 6.93. The molecular weight excluding hydrogens is 281 g/mol. The Morgan fingerprint density at radius 2 is 1.12 bits per heavy atom. The number of rotatable bonds is 3. The Morgan fingerprint density at radius 1 is 0.812 bits per heavy atom. The van der Waals surface area contributed by atoms with Crippen LogP contribution in [0.4, 0.5) is 13.2 Å². The molecule has 0 atom stereocenters. The maximum Gasteiger partial charge on any atom is 0.523 e. The molecule has 0 spiro atoms. The van der Waals surface area contributed by atoms with Crippen molar-refractivity contribution in [2.45, 2.75) is 5.51 Å². The van der Waals surface area contributed by atoms with Gasteiger partial charge in [-0.1, -0.05) is 0 Å². The molecule has 0 radical (unpaired) electrons. The summed E-state index contributed by atoms with van der Waals surface area (Å²) < 4.78 is 83.4. The third kappa shape index (κ3) is 6.95. The van der Waals surface area contributed by atoms with Crippen LogP contribution in [0.1, 0.15) is 0 Å². The molecule has 0 aromatic rings. The fourth-order valence-electron chi connectivity index (χ4n) is 0.163. The lowest BCUT2D eigenvalue weighted by Crippen LogP contribution is -2.23. The van der Waals surface area contributed by atoms with Crippen LogP contribution >= 0.6 is 0 Å². The van der Waals surface area contributed by atoms with Crippen molar-refractivity contribution in [1.82, 2.24) is 0 Å². The molecule has 0 N–H and O–H groups in total. The van der Waals surface area contributed by atoms with E-state index in [-0.39, 0.29) is 0 Å². The zero-order valence-electron chi connectivity index (χ0n) is 8.31. The van der Waals surface area contributed by atoms with E-state index in [4.69, 9.17) is 0 Å². The van der Waals surface area contributed by atoms with E-state index in [1.54, 1.807) is 0 Å². The highest BCUT2D eigenvalue weighted by molar-refractivity contribution is 7.87. The molecule has 0 fully saturated rings. The first-order valence-electron chi connectivity index (χ1n) is 3.16. The summed E-state index contributed by atoms with van der Waals surface area (Å²) in [5.41, 5.74) is -5.30. The van der Waals surface area contributed by atoms with Crippen molar-refractivity contribution in [2.75, 3.05) is 21.3 Å². The highest BCUT2D eigenvalue weighted by Crippen LogP contribution is 2.23. The van der Waals surface area contributed by atoms with E-state index in [9.17, 15) is 30.0 Å². The number of halogens is 3. The molecule has 0 aliphatic rings. The average Bonchev–Trinajstić information content (AvgIpc) is 2.17. The molecule has 0 aliphatic carbocycles. The maximum atomic E-state index is 11.1. The van der Waals surface area contributed by atoms with Crippen LogP contribution in [0, 0.1) is 0 Å². The van der Waals surface area contributed by atoms with Gasteiger partial charge in [0.05, 0.1) is 21.3 Å². The second-order valence-corrected chi connectivity index (χ2v) is 5.00. The van der Waals surface area contributed by atoms with Gasteiger partial charge >= 0.3 is 26.0 Å². The molecule has 7 nitrogen and oxygen atoms in total. The molecule has 0 rings (SSSR count). The molecule has 0 amide bonds. The quantitative estimate of drug-likeness (QED) is 0.533. The topological polar surface area (TPSA) is 96.0 Å². The molecule has 0 aliphatic heterocycles. The van der Waals surface area contributed by atoms with Crippen LogP contribution in [0.3, 0.4) is 0 Å². The van der Waals surface area contributed by atoms with Crippen LogP contribution in [0.15, 0.2) is 0 Å². The van der Waals surface area contributed by atoms with Crippen molar-refractivity contribution in [3.63, 3.8) is 0 Å². The van der Waals surface area contributed by atoms with Crippen molar-refractivity contribution in [1.29, 1.82) is 0 Å². The Balaban J connectivity index is 0. The fraction of sp³-hybridized carbons (Fsp3) is 1.00. The third-order valence-electron chi connectivity index (χ3n) is 0.911. The Kier molecular flexibility index (Phi) is 7.11. The Morgan fingerprint density at radius 3 is 1.12 bits per heavy atom. The second kappa shape index (κ2) is 6.34. The van der Waals surface area contributed by atoms with Crippen molar-refractivity contribution in [3.05, 3.63) is 0 Å². The van der Waals surface area contributed by atoms with E-state index in [0.717, 1.165) is 14.2 Å². The van der Waals surface area contributed by atoms with Gasteiger partial charge in [0.25, 0.3) is 0 Å².